The summed E-state index contributed by atoms with van der Waals surface area (Å²) < 4.78 is 5.90. The molecule has 0 radical (unpaired) electrons. The van der Waals surface area contributed by atoms with Crippen LogP contribution in [0.2, 0.25) is 0 Å². The summed E-state index contributed by atoms with van der Waals surface area (Å²) in [6, 6.07) is 7.50. The number of nitrogens with zero attached hydrogens (tertiary/aromatic N) is 1. The van der Waals surface area contributed by atoms with Crippen molar-refractivity contribution in [1.82, 2.24) is 4.90 Å². The lowest BCUT2D eigenvalue weighted by molar-refractivity contribution is -0.124. The lowest BCUT2D eigenvalue weighted by atomic mass is 10.1. The minimum absolute atomic E-state index is 0.0833. The molecule has 0 saturated carbocycles. The van der Waals surface area contributed by atoms with E-state index in [4.69, 9.17) is 4.74 Å². The fourth-order valence-corrected chi connectivity index (χ4v) is 3.11. The fourth-order valence-electron chi connectivity index (χ4n) is 2.19. The van der Waals surface area contributed by atoms with E-state index in [9.17, 15) is 9.59 Å². The standard InChI is InChI=1S/C18H23NO3S/c1-5-12(3)19-17(20)16(23-18(19)21)11-14-9-7-8-10-15(14)22-13(4)6-2/h7-13H,5-6H2,1-4H3/b16-11+/t12-,13-/m1/s1. The van der Waals surface area contributed by atoms with Crippen molar-refractivity contribution in [2.45, 2.75) is 52.7 Å². The van der Waals surface area contributed by atoms with Gasteiger partial charge >= 0.3 is 0 Å². The van der Waals surface area contributed by atoms with Gasteiger partial charge in [0, 0.05) is 11.6 Å². The molecule has 0 spiro atoms. The number of carbonyl (C=O) groups is 2. The number of benzene rings is 1. The summed E-state index contributed by atoms with van der Waals surface area (Å²) in [5.41, 5.74) is 0.822. The predicted octanol–water partition coefficient (Wildman–Crippen LogP) is 4.70. The first kappa shape index (κ1) is 17.6. The number of rotatable bonds is 6. The Kier molecular flexibility index (Phi) is 5.88. The Labute approximate surface area is 141 Å². The number of imide groups is 1. The van der Waals surface area contributed by atoms with Crippen LogP contribution < -0.4 is 4.74 Å². The molecule has 1 saturated heterocycles. The Morgan fingerprint density at radius 1 is 1.17 bits per heavy atom. The molecule has 1 fully saturated rings. The van der Waals surface area contributed by atoms with Crippen molar-refractivity contribution in [2.75, 3.05) is 0 Å². The summed E-state index contributed by atoms with van der Waals surface area (Å²) in [5, 5.41) is -0.198. The smallest absolute Gasteiger partial charge is 0.293 e. The van der Waals surface area contributed by atoms with Gasteiger partial charge in [0.15, 0.2) is 0 Å². The summed E-state index contributed by atoms with van der Waals surface area (Å²) in [6.45, 7) is 7.92. The van der Waals surface area contributed by atoms with Gasteiger partial charge in [0.25, 0.3) is 11.1 Å². The normalized spacial score (nSPS) is 19.3. The molecule has 23 heavy (non-hydrogen) atoms. The van der Waals surface area contributed by atoms with Gasteiger partial charge in [0.2, 0.25) is 0 Å². The summed E-state index contributed by atoms with van der Waals surface area (Å²) in [7, 11) is 0. The summed E-state index contributed by atoms with van der Waals surface area (Å²) in [6.07, 6.45) is 3.50. The van der Waals surface area contributed by atoms with E-state index < -0.39 is 0 Å². The molecule has 4 nitrogen and oxygen atoms in total. The van der Waals surface area contributed by atoms with Crippen LogP contribution in [0.15, 0.2) is 29.2 Å². The molecule has 1 aromatic carbocycles. The molecule has 0 aliphatic carbocycles. The molecule has 0 N–H and O–H groups in total. The van der Waals surface area contributed by atoms with Gasteiger partial charge in [0.05, 0.1) is 11.0 Å². The zero-order valence-corrected chi connectivity index (χ0v) is 14.9. The van der Waals surface area contributed by atoms with Gasteiger partial charge in [-0.15, -0.1) is 0 Å². The Morgan fingerprint density at radius 3 is 2.52 bits per heavy atom. The molecular weight excluding hydrogens is 310 g/mol. The summed E-state index contributed by atoms with van der Waals surface area (Å²) in [4.78, 5) is 26.4. The van der Waals surface area contributed by atoms with Crippen molar-refractivity contribution in [3.63, 3.8) is 0 Å². The lowest BCUT2D eigenvalue weighted by Crippen LogP contribution is -2.36. The third-order valence-corrected chi connectivity index (χ3v) is 4.85. The summed E-state index contributed by atoms with van der Waals surface area (Å²) >= 11 is 0.997. The van der Waals surface area contributed by atoms with Crippen molar-refractivity contribution in [3.05, 3.63) is 34.7 Å². The van der Waals surface area contributed by atoms with Gasteiger partial charge in [-0.05, 0) is 50.6 Å². The van der Waals surface area contributed by atoms with Crippen LogP contribution in [0.1, 0.15) is 46.1 Å². The number of carbonyl (C=O) groups excluding carboxylic acids is 2. The Balaban J connectivity index is 2.29. The molecule has 1 aromatic rings. The quantitative estimate of drug-likeness (QED) is 0.708. The monoisotopic (exact) mass is 333 g/mol. The first-order chi connectivity index (χ1) is 11.0. The van der Waals surface area contributed by atoms with E-state index in [0.29, 0.717) is 4.91 Å². The maximum atomic E-state index is 12.5. The lowest BCUT2D eigenvalue weighted by Gasteiger charge is -2.19. The van der Waals surface area contributed by atoms with E-state index in [0.717, 1.165) is 35.9 Å². The number of ether oxygens (including phenoxy) is 1. The van der Waals surface area contributed by atoms with E-state index in [2.05, 4.69) is 6.92 Å². The van der Waals surface area contributed by atoms with Crippen molar-refractivity contribution in [2.24, 2.45) is 0 Å². The van der Waals surface area contributed by atoms with Crippen molar-refractivity contribution in [1.29, 1.82) is 0 Å². The topological polar surface area (TPSA) is 46.6 Å². The van der Waals surface area contributed by atoms with E-state index in [1.165, 1.54) is 4.90 Å². The molecule has 5 heteroatoms. The van der Waals surface area contributed by atoms with E-state index in [1.54, 1.807) is 6.08 Å². The average molecular weight is 333 g/mol. The van der Waals surface area contributed by atoms with Crippen molar-refractivity contribution < 1.29 is 14.3 Å². The third kappa shape index (κ3) is 3.96. The van der Waals surface area contributed by atoms with Crippen LogP contribution in [0.5, 0.6) is 5.75 Å². The minimum atomic E-state index is -0.215. The van der Waals surface area contributed by atoms with Gasteiger partial charge < -0.3 is 4.74 Å². The highest BCUT2D eigenvalue weighted by molar-refractivity contribution is 8.18. The molecule has 2 atom stereocenters. The molecule has 0 bridgehead atoms. The van der Waals surface area contributed by atoms with Crippen LogP contribution in [0.4, 0.5) is 4.79 Å². The van der Waals surface area contributed by atoms with Crippen LogP contribution in [-0.2, 0) is 4.79 Å². The predicted molar refractivity (Wildman–Crippen MR) is 94.4 cm³/mol. The number of amides is 2. The van der Waals surface area contributed by atoms with E-state index in [1.807, 2.05) is 45.0 Å². The summed E-state index contributed by atoms with van der Waals surface area (Å²) in [5.74, 6) is 0.518. The zero-order valence-electron chi connectivity index (χ0n) is 14.0. The van der Waals surface area contributed by atoms with Crippen molar-refractivity contribution in [3.8, 4) is 5.75 Å². The number of hydrogen-bond acceptors (Lipinski definition) is 4. The molecule has 2 rings (SSSR count). The second kappa shape index (κ2) is 7.68. The van der Waals surface area contributed by atoms with E-state index >= 15 is 0 Å². The Bertz CT molecular complexity index is 626. The second-order valence-corrected chi connectivity index (χ2v) is 6.68. The molecular formula is C18H23NO3S. The Morgan fingerprint density at radius 2 is 1.87 bits per heavy atom. The van der Waals surface area contributed by atoms with Crippen LogP contribution >= 0.6 is 11.8 Å². The highest BCUT2D eigenvalue weighted by Crippen LogP contribution is 2.35. The molecule has 0 aromatic heterocycles. The highest BCUT2D eigenvalue weighted by Gasteiger charge is 2.37. The first-order valence-electron chi connectivity index (χ1n) is 8.00. The number of thioether (sulfide) groups is 1. The molecule has 124 valence electrons. The second-order valence-electron chi connectivity index (χ2n) is 5.68. The van der Waals surface area contributed by atoms with Gasteiger partial charge in [-0.2, -0.15) is 0 Å². The number of hydrogen-bond donors (Lipinski definition) is 0. The largest absolute Gasteiger partial charge is 0.490 e. The fraction of sp³-hybridized carbons (Fsp3) is 0.444. The maximum Gasteiger partial charge on any atom is 0.293 e. The van der Waals surface area contributed by atoms with Gasteiger partial charge in [-0.1, -0.05) is 32.0 Å². The molecule has 1 heterocycles. The maximum absolute atomic E-state index is 12.5. The van der Waals surface area contributed by atoms with E-state index in [-0.39, 0.29) is 23.3 Å². The molecule has 1 aliphatic heterocycles. The third-order valence-electron chi connectivity index (χ3n) is 3.96. The van der Waals surface area contributed by atoms with Crippen LogP contribution in [0.3, 0.4) is 0 Å². The molecule has 2 amide bonds. The highest BCUT2D eigenvalue weighted by atomic mass is 32.2. The SMILES string of the molecule is CC[C@@H](C)Oc1ccccc1/C=C1/SC(=O)N([C@H](C)CC)C1=O. The average Bonchev–Trinajstić information content (AvgIpc) is 2.82. The minimum Gasteiger partial charge on any atom is -0.490 e. The number of para-hydroxylation sites is 1. The van der Waals surface area contributed by atoms with Crippen LogP contribution in [-0.4, -0.2) is 28.2 Å². The van der Waals surface area contributed by atoms with Crippen molar-refractivity contribution >= 4 is 29.0 Å². The Hall–Kier alpha value is -1.75. The zero-order chi connectivity index (χ0) is 17.0. The van der Waals surface area contributed by atoms with Gasteiger partial charge in [-0.25, -0.2) is 0 Å². The van der Waals surface area contributed by atoms with Crippen LogP contribution in [0, 0.1) is 0 Å². The first-order valence-corrected chi connectivity index (χ1v) is 8.82. The molecule has 1 aliphatic rings. The van der Waals surface area contributed by atoms with Crippen LogP contribution in [0.25, 0.3) is 6.08 Å². The molecule has 0 unspecified atom stereocenters. The van der Waals surface area contributed by atoms with Gasteiger partial charge in [0.1, 0.15) is 5.75 Å². The van der Waals surface area contributed by atoms with Gasteiger partial charge in [-0.3, -0.25) is 14.5 Å².